The van der Waals surface area contributed by atoms with Gasteiger partial charge in [0, 0.05) is 16.8 Å². The van der Waals surface area contributed by atoms with E-state index in [0.717, 1.165) is 12.1 Å². The van der Waals surface area contributed by atoms with E-state index in [1.807, 2.05) is 5.10 Å². The van der Waals surface area contributed by atoms with E-state index >= 15 is 0 Å². The van der Waals surface area contributed by atoms with Gasteiger partial charge in [0.2, 0.25) is 11.9 Å². The maximum absolute atomic E-state index is 13.6. The molecule has 0 radical (unpaired) electrons. The molecule has 156 valence electrons. The van der Waals surface area contributed by atoms with Gasteiger partial charge in [-0.1, -0.05) is 41.9 Å². The number of halogens is 5. The van der Waals surface area contributed by atoms with E-state index in [-0.39, 0.29) is 28.9 Å². The zero-order valence-electron chi connectivity index (χ0n) is 15.1. The monoisotopic (exact) mass is 439 g/mol. The van der Waals surface area contributed by atoms with Crippen LogP contribution in [-0.2, 0) is 17.4 Å². The van der Waals surface area contributed by atoms with Crippen LogP contribution >= 0.6 is 11.6 Å². The Hall–Kier alpha value is -3.40. The zero-order valence-corrected chi connectivity index (χ0v) is 15.9. The van der Waals surface area contributed by atoms with Crippen molar-refractivity contribution >= 4 is 35.0 Å². The van der Waals surface area contributed by atoms with Gasteiger partial charge in [-0.15, -0.1) is 0 Å². The van der Waals surface area contributed by atoms with Crippen LogP contribution in [0.3, 0.4) is 0 Å². The first-order chi connectivity index (χ1) is 14.2. The lowest BCUT2D eigenvalue weighted by Crippen LogP contribution is -2.36. The topological polar surface area (TPSA) is 82.2 Å². The smallest absolute Gasteiger partial charge is 0.325 e. The molecule has 2 aromatic carbocycles. The average molecular weight is 440 g/mol. The standard InChI is InChI=1S/C19H14ClF4N5O/c20-12-7-13(21)9-14(8-12)25-18(26-16-10-15(28-29-16)19(22,23)24)27-17(30)6-11-4-2-1-3-5-11/h1-5,7-10H,6H2,(H3,25,26,27,28,29,30). The number of nitrogens with one attached hydrogen (secondary N) is 3. The number of H-pyrrole nitrogens is 1. The van der Waals surface area contributed by atoms with Crippen LogP contribution in [0, 0.1) is 5.82 Å². The SMILES string of the molecule is O=C(Cc1ccccc1)NC(=Nc1cc(C(F)(F)F)[nH]n1)Nc1cc(F)cc(Cl)c1. The molecule has 0 aliphatic heterocycles. The molecule has 30 heavy (non-hydrogen) atoms. The van der Waals surface area contributed by atoms with Crippen molar-refractivity contribution in [3.63, 3.8) is 0 Å². The van der Waals surface area contributed by atoms with Gasteiger partial charge in [0.15, 0.2) is 5.82 Å². The number of aromatic amines is 1. The van der Waals surface area contributed by atoms with E-state index in [1.54, 1.807) is 30.3 Å². The van der Waals surface area contributed by atoms with Gasteiger partial charge in [-0.2, -0.15) is 23.3 Å². The number of rotatable bonds is 4. The van der Waals surface area contributed by atoms with Gasteiger partial charge in [-0.3, -0.25) is 15.2 Å². The molecule has 0 aliphatic rings. The molecule has 3 rings (SSSR count). The summed E-state index contributed by atoms with van der Waals surface area (Å²) < 4.78 is 51.9. The highest BCUT2D eigenvalue weighted by molar-refractivity contribution is 6.31. The first kappa shape index (κ1) is 21.3. The van der Waals surface area contributed by atoms with Crippen molar-refractivity contribution < 1.29 is 22.4 Å². The number of guanidine groups is 1. The molecule has 0 aliphatic carbocycles. The first-order valence-electron chi connectivity index (χ1n) is 8.47. The molecule has 0 spiro atoms. The molecule has 0 atom stereocenters. The van der Waals surface area contributed by atoms with Crippen molar-refractivity contribution in [3.05, 3.63) is 76.7 Å². The third-order valence-electron chi connectivity index (χ3n) is 3.69. The summed E-state index contributed by atoms with van der Waals surface area (Å²) in [6.07, 6.45) is -4.65. The predicted octanol–water partition coefficient (Wildman–Crippen LogP) is 4.68. The van der Waals surface area contributed by atoms with E-state index in [1.165, 1.54) is 6.07 Å². The van der Waals surface area contributed by atoms with Crippen LogP contribution in [0.1, 0.15) is 11.3 Å². The molecule has 0 saturated heterocycles. The zero-order chi connectivity index (χ0) is 21.7. The Morgan fingerprint density at radius 2 is 1.87 bits per heavy atom. The number of anilines is 1. The minimum atomic E-state index is -4.64. The van der Waals surface area contributed by atoms with Crippen molar-refractivity contribution in [1.29, 1.82) is 0 Å². The molecule has 1 heterocycles. The van der Waals surface area contributed by atoms with E-state index in [9.17, 15) is 22.4 Å². The number of carbonyl (C=O) groups is 1. The molecule has 11 heteroatoms. The van der Waals surface area contributed by atoms with Crippen molar-refractivity contribution in [1.82, 2.24) is 15.5 Å². The van der Waals surface area contributed by atoms with Gasteiger partial charge in [0.1, 0.15) is 11.5 Å². The minimum absolute atomic E-state index is 0.0141. The van der Waals surface area contributed by atoms with Crippen LogP contribution in [0.5, 0.6) is 0 Å². The Labute approximate surface area is 173 Å². The summed E-state index contributed by atoms with van der Waals surface area (Å²) in [5.74, 6) is -1.74. The summed E-state index contributed by atoms with van der Waals surface area (Å²) in [7, 11) is 0. The third-order valence-corrected chi connectivity index (χ3v) is 3.90. The molecule has 1 amide bonds. The maximum atomic E-state index is 13.6. The Morgan fingerprint density at radius 1 is 1.13 bits per heavy atom. The summed E-state index contributed by atoms with van der Waals surface area (Å²) in [6.45, 7) is 0. The van der Waals surface area contributed by atoms with Crippen LogP contribution in [-0.4, -0.2) is 22.1 Å². The molecule has 0 saturated carbocycles. The molecule has 3 aromatic rings. The highest BCUT2D eigenvalue weighted by Crippen LogP contribution is 2.29. The van der Waals surface area contributed by atoms with Crippen molar-refractivity contribution in [2.24, 2.45) is 4.99 Å². The molecule has 0 unspecified atom stereocenters. The van der Waals surface area contributed by atoms with Crippen LogP contribution in [0.2, 0.25) is 5.02 Å². The normalized spacial score (nSPS) is 12.0. The van der Waals surface area contributed by atoms with E-state index in [2.05, 4.69) is 20.7 Å². The number of aromatic nitrogens is 2. The molecule has 0 fully saturated rings. The Bertz CT molecular complexity index is 1050. The number of hydrogen-bond donors (Lipinski definition) is 3. The Balaban J connectivity index is 1.85. The summed E-state index contributed by atoms with van der Waals surface area (Å²) in [4.78, 5) is 16.3. The number of carbonyl (C=O) groups excluding carboxylic acids is 1. The number of alkyl halides is 3. The van der Waals surface area contributed by atoms with Crippen molar-refractivity contribution in [2.75, 3.05) is 5.32 Å². The highest BCUT2D eigenvalue weighted by atomic mass is 35.5. The van der Waals surface area contributed by atoms with Crippen LogP contribution in [0.4, 0.5) is 29.1 Å². The van der Waals surface area contributed by atoms with Crippen LogP contribution < -0.4 is 10.6 Å². The third kappa shape index (κ3) is 6.05. The van der Waals surface area contributed by atoms with Crippen molar-refractivity contribution in [2.45, 2.75) is 12.6 Å². The van der Waals surface area contributed by atoms with Gasteiger partial charge >= 0.3 is 6.18 Å². The fourth-order valence-electron chi connectivity index (χ4n) is 2.44. The lowest BCUT2D eigenvalue weighted by atomic mass is 10.1. The summed E-state index contributed by atoms with van der Waals surface area (Å²) >= 11 is 5.81. The Morgan fingerprint density at radius 3 is 2.50 bits per heavy atom. The molecule has 3 N–H and O–H groups in total. The summed E-state index contributed by atoms with van der Waals surface area (Å²) in [6, 6.07) is 13.0. The highest BCUT2D eigenvalue weighted by Gasteiger charge is 2.33. The molecular formula is C19H14ClF4N5O. The number of hydrogen-bond acceptors (Lipinski definition) is 3. The minimum Gasteiger partial charge on any atom is -0.325 e. The number of benzene rings is 2. The second kappa shape index (κ2) is 8.95. The van der Waals surface area contributed by atoms with E-state index in [4.69, 9.17) is 11.6 Å². The van der Waals surface area contributed by atoms with Gasteiger partial charge in [-0.25, -0.2) is 4.39 Å². The van der Waals surface area contributed by atoms with Crippen LogP contribution in [0.25, 0.3) is 0 Å². The second-order valence-corrected chi connectivity index (χ2v) is 6.53. The average Bonchev–Trinajstić information content (AvgIpc) is 3.10. The second-order valence-electron chi connectivity index (χ2n) is 6.09. The van der Waals surface area contributed by atoms with Gasteiger partial charge < -0.3 is 5.32 Å². The molecule has 0 bridgehead atoms. The summed E-state index contributed by atoms with van der Waals surface area (Å²) in [5.41, 5.74) is -0.266. The fraction of sp³-hybridized carbons (Fsp3) is 0.105. The summed E-state index contributed by atoms with van der Waals surface area (Å²) in [5, 5.41) is 10.4. The molecule has 6 nitrogen and oxygen atoms in total. The van der Waals surface area contributed by atoms with Crippen LogP contribution in [0.15, 0.2) is 59.6 Å². The van der Waals surface area contributed by atoms with Gasteiger partial charge in [0.25, 0.3) is 0 Å². The van der Waals surface area contributed by atoms with Gasteiger partial charge in [-0.05, 0) is 23.8 Å². The number of amides is 1. The first-order valence-corrected chi connectivity index (χ1v) is 8.85. The number of nitrogens with zero attached hydrogens (tertiary/aromatic N) is 2. The number of aliphatic imine (C=N–C) groups is 1. The molecule has 1 aromatic heterocycles. The van der Waals surface area contributed by atoms with Gasteiger partial charge in [0.05, 0.1) is 6.42 Å². The quantitative estimate of drug-likeness (QED) is 0.313. The fourth-order valence-corrected chi connectivity index (χ4v) is 2.66. The predicted molar refractivity (Wildman–Crippen MR) is 104 cm³/mol. The lowest BCUT2D eigenvalue weighted by molar-refractivity contribution is -0.141. The van der Waals surface area contributed by atoms with E-state index in [0.29, 0.717) is 11.6 Å². The van der Waals surface area contributed by atoms with Crippen molar-refractivity contribution in [3.8, 4) is 0 Å². The maximum Gasteiger partial charge on any atom is 0.432 e. The largest absolute Gasteiger partial charge is 0.432 e. The van der Waals surface area contributed by atoms with E-state index < -0.39 is 23.6 Å². The Kier molecular flexibility index (Phi) is 6.36. The molecular weight excluding hydrogens is 426 g/mol. The lowest BCUT2D eigenvalue weighted by Gasteiger charge is -2.12.